The highest BCUT2D eigenvalue weighted by Gasteiger charge is 2.20. The maximum absolute atomic E-state index is 10.8. The lowest BCUT2D eigenvalue weighted by Crippen LogP contribution is -2.20. The van der Waals surface area contributed by atoms with Crippen LogP contribution in [0.2, 0.25) is 0 Å². The Kier molecular flexibility index (Phi) is 2.98. The Morgan fingerprint density at radius 2 is 2.50 bits per heavy atom. The van der Waals surface area contributed by atoms with Crippen LogP contribution in [0.4, 0.5) is 0 Å². The first-order chi connectivity index (χ1) is 6.83. The minimum atomic E-state index is -0.0738. The molecular formula is C9H11BrN2O2. The topological polar surface area (TPSA) is 44.1 Å². The number of rotatable bonds is 2. The van der Waals surface area contributed by atoms with Crippen LogP contribution in [0.5, 0.6) is 0 Å². The van der Waals surface area contributed by atoms with Gasteiger partial charge in [0.15, 0.2) is 12.5 Å². The van der Waals surface area contributed by atoms with Gasteiger partial charge >= 0.3 is 0 Å². The van der Waals surface area contributed by atoms with Crippen molar-refractivity contribution in [3.63, 3.8) is 0 Å². The lowest BCUT2D eigenvalue weighted by molar-refractivity contribution is -0.0403. The van der Waals surface area contributed by atoms with Crippen molar-refractivity contribution in [3.05, 3.63) is 16.4 Å². The molecule has 0 saturated carbocycles. The SMILES string of the molecule is O=Cc1c(Br)cnn1C1CCCCO1. The van der Waals surface area contributed by atoms with Crippen molar-refractivity contribution >= 4 is 22.2 Å². The number of hydrogen-bond acceptors (Lipinski definition) is 3. The maximum atomic E-state index is 10.8. The number of hydrogen-bond donors (Lipinski definition) is 0. The maximum Gasteiger partial charge on any atom is 0.169 e. The molecule has 1 fully saturated rings. The molecular weight excluding hydrogens is 248 g/mol. The number of aldehydes is 1. The van der Waals surface area contributed by atoms with Gasteiger partial charge < -0.3 is 4.74 Å². The summed E-state index contributed by atoms with van der Waals surface area (Å²) in [5.74, 6) is 0. The van der Waals surface area contributed by atoms with Crippen LogP contribution in [-0.4, -0.2) is 22.7 Å². The molecule has 76 valence electrons. The fraction of sp³-hybridized carbons (Fsp3) is 0.556. The molecule has 14 heavy (non-hydrogen) atoms. The largest absolute Gasteiger partial charge is 0.356 e. The van der Waals surface area contributed by atoms with Crippen molar-refractivity contribution in [1.29, 1.82) is 0 Å². The van der Waals surface area contributed by atoms with E-state index in [2.05, 4.69) is 21.0 Å². The summed E-state index contributed by atoms with van der Waals surface area (Å²) < 4.78 is 7.91. The van der Waals surface area contributed by atoms with E-state index in [1.807, 2.05) is 0 Å². The molecule has 0 radical (unpaired) electrons. The monoisotopic (exact) mass is 258 g/mol. The highest BCUT2D eigenvalue weighted by Crippen LogP contribution is 2.25. The highest BCUT2D eigenvalue weighted by atomic mass is 79.9. The molecule has 5 heteroatoms. The molecule has 2 rings (SSSR count). The van der Waals surface area contributed by atoms with Crippen LogP contribution in [0, 0.1) is 0 Å². The van der Waals surface area contributed by atoms with Gasteiger partial charge in [0.1, 0.15) is 5.69 Å². The molecule has 0 bridgehead atoms. The van der Waals surface area contributed by atoms with Crippen LogP contribution in [-0.2, 0) is 4.74 Å². The van der Waals surface area contributed by atoms with Crippen molar-refractivity contribution in [3.8, 4) is 0 Å². The zero-order valence-corrected chi connectivity index (χ0v) is 9.24. The molecule has 1 aromatic rings. The van der Waals surface area contributed by atoms with E-state index in [0.717, 1.165) is 36.6 Å². The number of nitrogens with zero attached hydrogens (tertiary/aromatic N) is 2. The molecule has 1 aliphatic rings. The summed E-state index contributed by atoms with van der Waals surface area (Å²) in [6.07, 6.45) is 5.50. The van der Waals surface area contributed by atoms with Crippen LogP contribution >= 0.6 is 15.9 Å². The Balaban J connectivity index is 2.25. The summed E-state index contributed by atoms with van der Waals surface area (Å²) in [5.41, 5.74) is 0.553. The van der Waals surface area contributed by atoms with Crippen LogP contribution in [0.15, 0.2) is 10.7 Å². The van der Waals surface area contributed by atoms with Gasteiger partial charge in [-0.15, -0.1) is 0 Å². The molecule has 1 aromatic heterocycles. The van der Waals surface area contributed by atoms with Crippen molar-refractivity contribution in [2.24, 2.45) is 0 Å². The van der Waals surface area contributed by atoms with E-state index < -0.39 is 0 Å². The summed E-state index contributed by atoms with van der Waals surface area (Å²) in [4.78, 5) is 10.8. The second-order valence-electron chi connectivity index (χ2n) is 3.26. The van der Waals surface area contributed by atoms with Crippen molar-refractivity contribution in [2.45, 2.75) is 25.5 Å². The van der Waals surface area contributed by atoms with Crippen molar-refractivity contribution in [1.82, 2.24) is 9.78 Å². The van der Waals surface area contributed by atoms with E-state index in [1.54, 1.807) is 10.9 Å². The first-order valence-corrected chi connectivity index (χ1v) is 5.42. The minimum absolute atomic E-state index is 0.0738. The van der Waals surface area contributed by atoms with Gasteiger partial charge in [-0.3, -0.25) is 4.79 Å². The Morgan fingerprint density at radius 1 is 1.64 bits per heavy atom. The van der Waals surface area contributed by atoms with Gasteiger partial charge in [0.2, 0.25) is 0 Å². The fourth-order valence-electron chi connectivity index (χ4n) is 1.61. The van der Waals surface area contributed by atoms with Gasteiger partial charge in [-0.05, 0) is 35.2 Å². The number of carbonyl (C=O) groups excluding carboxylic acids is 1. The second kappa shape index (κ2) is 4.23. The first kappa shape index (κ1) is 9.86. The number of ether oxygens (including phenoxy) is 1. The summed E-state index contributed by atoms with van der Waals surface area (Å²) in [5, 5.41) is 4.12. The van der Waals surface area contributed by atoms with E-state index in [-0.39, 0.29) is 6.23 Å². The first-order valence-electron chi connectivity index (χ1n) is 4.62. The molecule has 0 aromatic carbocycles. The normalized spacial score (nSPS) is 22.2. The van der Waals surface area contributed by atoms with Crippen molar-refractivity contribution in [2.75, 3.05) is 6.61 Å². The third-order valence-corrected chi connectivity index (χ3v) is 2.94. The lowest BCUT2D eigenvalue weighted by Gasteiger charge is -2.23. The van der Waals surface area contributed by atoms with Crippen LogP contribution < -0.4 is 0 Å². The molecule has 2 heterocycles. The predicted octanol–water partition coefficient (Wildman–Crippen LogP) is 2.16. The van der Waals surface area contributed by atoms with Gasteiger partial charge in [0.05, 0.1) is 10.7 Å². The van der Waals surface area contributed by atoms with Crippen LogP contribution in [0.3, 0.4) is 0 Å². The highest BCUT2D eigenvalue weighted by molar-refractivity contribution is 9.10. The average molecular weight is 259 g/mol. The molecule has 1 aliphatic heterocycles. The lowest BCUT2D eigenvalue weighted by atomic mass is 10.2. The standard InChI is InChI=1S/C9H11BrN2O2/c10-7-5-11-12(8(7)6-13)9-3-1-2-4-14-9/h5-6,9H,1-4H2. The Bertz CT molecular complexity index is 332. The quantitative estimate of drug-likeness (QED) is 0.764. The molecule has 1 saturated heterocycles. The smallest absolute Gasteiger partial charge is 0.169 e. The van der Waals surface area contributed by atoms with Gasteiger partial charge in [0, 0.05) is 6.61 Å². The molecule has 1 atom stereocenters. The third-order valence-electron chi connectivity index (χ3n) is 2.33. The Labute approximate surface area is 90.4 Å². The zero-order valence-electron chi connectivity index (χ0n) is 7.65. The van der Waals surface area contributed by atoms with Gasteiger partial charge in [0.25, 0.3) is 0 Å². The van der Waals surface area contributed by atoms with Gasteiger partial charge in [-0.1, -0.05) is 0 Å². The summed E-state index contributed by atoms with van der Waals surface area (Å²) in [6.45, 7) is 0.750. The molecule has 0 N–H and O–H groups in total. The number of aromatic nitrogens is 2. The van der Waals surface area contributed by atoms with E-state index >= 15 is 0 Å². The molecule has 0 aliphatic carbocycles. The molecule has 0 amide bonds. The average Bonchev–Trinajstić information content (AvgIpc) is 2.61. The van der Waals surface area contributed by atoms with Crippen molar-refractivity contribution < 1.29 is 9.53 Å². The number of halogens is 1. The fourth-order valence-corrected chi connectivity index (χ4v) is 1.97. The third kappa shape index (κ3) is 1.74. The zero-order chi connectivity index (χ0) is 9.97. The van der Waals surface area contributed by atoms with E-state index in [0.29, 0.717) is 5.69 Å². The molecule has 1 unspecified atom stereocenters. The van der Waals surface area contributed by atoms with Crippen LogP contribution in [0.25, 0.3) is 0 Å². The van der Waals surface area contributed by atoms with Gasteiger partial charge in [-0.2, -0.15) is 5.10 Å². The predicted molar refractivity (Wildman–Crippen MR) is 54.2 cm³/mol. The van der Waals surface area contributed by atoms with E-state index in [4.69, 9.17) is 4.74 Å². The second-order valence-corrected chi connectivity index (χ2v) is 4.12. The molecule has 4 nitrogen and oxygen atoms in total. The Hall–Kier alpha value is -0.680. The van der Waals surface area contributed by atoms with Gasteiger partial charge in [-0.25, -0.2) is 4.68 Å². The summed E-state index contributed by atoms with van der Waals surface area (Å²) >= 11 is 3.27. The summed E-state index contributed by atoms with van der Waals surface area (Å²) in [6, 6.07) is 0. The number of carbonyl (C=O) groups is 1. The molecule has 0 spiro atoms. The Morgan fingerprint density at radius 3 is 3.14 bits per heavy atom. The minimum Gasteiger partial charge on any atom is -0.356 e. The van der Waals surface area contributed by atoms with E-state index in [1.165, 1.54) is 0 Å². The summed E-state index contributed by atoms with van der Waals surface area (Å²) in [7, 11) is 0. The van der Waals surface area contributed by atoms with E-state index in [9.17, 15) is 4.79 Å². The van der Waals surface area contributed by atoms with Crippen LogP contribution in [0.1, 0.15) is 36.0 Å².